The molecule has 1 saturated heterocycles. The van der Waals surface area contributed by atoms with Gasteiger partial charge in [-0.3, -0.25) is 4.90 Å². The third-order valence-electron chi connectivity index (χ3n) is 2.88. The van der Waals surface area contributed by atoms with Gasteiger partial charge in [0, 0.05) is 32.0 Å². The van der Waals surface area contributed by atoms with E-state index in [2.05, 4.69) is 10.3 Å². The Labute approximate surface area is 108 Å². The molecule has 1 atom stereocenters. The van der Waals surface area contributed by atoms with Crippen molar-refractivity contribution in [3.8, 4) is 0 Å². The smallest absolute Gasteiger partial charge is 0.410 e. The van der Waals surface area contributed by atoms with Gasteiger partial charge in [-0.05, 0) is 32.4 Å². The van der Waals surface area contributed by atoms with Crippen molar-refractivity contribution in [2.75, 3.05) is 19.6 Å². The lowest BCUT2D eigenvalue weighted by Gasteiger charge is -2.36. The molecule has 1 aliphatic heterocycles. The summed E-state index contributed by atoms with van der Waals surface area (Å²) in [5.41, 5.74) is 0.651. The topological polar surface area (TPSA) is 57.4 Å². The average Bonchev–Trinajstić information content (AvgIpc) is 2.80. The van der Waals surface area contributed by atoms with Crippen LogP contribution in [0.5, 0.6) is 0 Å². The van der Waals surface area contributed by atoms with Crippen LogP contribution in [0.1, 0.15) is 32.4 Å². The number of rotatable bonds is 1. The maximum Gasteiger partial charge on any atom is 0.410 e. The van der Waals surface area contributed by atoms with E-state index < -0.39 is 5.60 Å². The van der Waals surface area contributed by atoms with E-state index in [9.17, 15) is 4.79 Å². The number of carbonyl (C=O) groups excluding carboxylic acids is 1. The zero-order valence-electron chi connectivity index (χ0n) is 11.2. The molecule has 0 radical (unpaired) electrons. The number of carbonyl (C=O) groups is 1. The molecule has 1 aliphatic rings. The van der Waals surface area contributed by atoms with E-state index >= 15 is 0 Å². The van der Waals surface area contributed by atoms with E-state index in [0.717, 1.165) is 18.7 Å². The zero-order chi connectivity index (χ0) is 13.2. The first-order chi connectivity index (χ1) is 8.47. The van der Waals surface area contributed by atoms with Crippen molar-refractivity contribution in [3.05, 3.63) is 24.0 Å². The molecule has 100 valence electrons. The Morgan fingerprint density at radius 1 is 1.50 bits per heavy atom. The number of aromatic amines is 1. The molecule has 0 aromatic carbocycles. The van der Waals surface area contributed by atoms with E-state index in [-0.39, 0.29) is 12.1 Å². The number of nitrogens with one attached hydrogen (secondary N) is 2. The van der Waals surface area contributed by atoms with E-state index in [1.807, 2.05) is 39.2 Å². The van der Waals surface area contributed by atoms with Crippen LogP contribution in [0.25, 0.3) is 0 Å². The summed E-state index contributed by atoms with van der Waals surface area (Å²) in [5.74, 6) is 0. The van der Waals surface area contributed by atoms with Crippen molar-refractivity contribution >= 4 is 6.09 Å². The van der Waals surface area contributed by atoms with Crippen LogP contribution in [0.2, 0.25) is 0 Å². The number of piperazine rings is 1. The highest BCUT2D eigenvalue weighted by Gasteiger charge is 2.31. The fourth-order valence-electron chi connectivity index (χ4n) is 2.09. The second-order valence-corrected chi connectivity index (χ2v) is 5.54. The van der Waals surface area contributed by atoms with Gasteiger partial charge in [0.2, 0.25) is 0 Å². The zero-order valence-corrected chi connectivity index (χ0v) is 11.2. The van der Waals surface area contributed by atoms with Crippen LogP contribution >= 0.6 is 0 Å². The minimum absolute atomic E-state index is 0.0415. The van der Waals surface area contributed by atoms with Gasteiger partial charge in [0.15, 0.2) is 0 Å². The molecule has 5 heteroatoms. The van der Waals surface area contributed by atoms with Gasteiger partial charge in [0.25, 0.3) is 0 Å². The first-order valence-electron chi connectivity index (χ1n) is 6.30. The van der Waals surface area contributed by atoms with Crippen LogP contribution < -0.4 is 5.32 Å². The molecule has 1 aromatic rings. The van der Waals surface area contributed by atoms with Crippen LogP contribution in [0, 0.1) is 0 Å². The summed E-state index contributed by atoms with van der Waals surface area (Å²) in [5, 5.41) is 3.31. The highest BCUT2D eigenvalue weighted by molar-refractivity contribution is 5.69. The van der Waals surface area contributed by atoms with Crippen molar-refractivity contribution in [1.29, 1.82) is 0 Å². The molecule has 0 spiro atoms. The Morgan fingerprint density at radius 3 is 2.89 bits per heavy atom. The molecule has 0 saturated carbocycles. The van der Waals surface area contributed by atoms with Crippen LogP contribution in [-0.4, -0.2) is 41.2 Å². The molecule has 18 heavy (non-hydrogen) atoms. The third-order valence-corrected chi connectivity index (χ3v) is 2.88. The molecule has 0 bridgehead atoms. The second kappa shape index (κ2) is 5.02. The third kappa shape index (κ3) is 3.04. The fourth-order valence-corrected chi connectivity index (χ4v) is 2.09. The van der Waals surface area contributed by atoms with Crippen molar-refractivity contribution in [2.45, 2.75) is 32.4 Å². The fraction of sp³-hybridized carbons (Fsp3) is 0.615. The van der Waals surface area contributed by atoms with Crippen molar-refractivity contribution < 1.29 is 9.53 Å². The summed E-state index contributed by atoms with van der Waals surface area (Å²) < 4.78 is 5.45. The van der Waals surface area contributed by atoms with Crippen molar-refractivity contribution in [3.63, 3.8) is 0 Å². The van der Waals surface area contributed by atoms with Crippen molar-refractivity contribution in [1.82, 2.24) is 15.2 Å². The minimum Gasteiger partial charge on any atom is -0.444 e. The summed E-state index contributed by atoms with van der Waals surface area (Å²) in [7, 11) is 0. The Hall–Kier alpha value is -1.49. The Balaban J connectivity index is 2.11. The standard InChI is InChI=1S/C13H21N3O2/c1-13(2,3)18-12(17)16-7-6-15-9-11(16)10-4-5-14-8-10/h4-5,8,11,14-15H,6-7,9H2,1-3H3. The molecule has 0 aliphatic carbocycles. The van der Waals surface area contributed by atoms with Crippen LogP contribution in [-0.2, 0) is 4.74 Å². The van der Waals surface area contributed by atoms with Crippen LogP contribution in [0.15, 0.2) is 18.5 Å². The minimum atomic E-state index is -0.454. The molecule has 5 nitrogen and oxygen atoms in total. The maximum absolute atomic E-state index is 12.2. The quantitative estimate of drug-likeness (QED) is 0.801. The van der Waals surface area contributed by atoms with Gasteiger partial charge in [-0.2, -0.15) is 0 Å². The molecule has 1 aromatic heterocycles. The number of ether oxygens (including phenoxy) is 1. The van der Waals surface area contributed by atoms with Gasteiger partial charge in [-0.1, -0.05) is 0 Å². The van der Waals surface area contributed by atoms with Crippen LogP contribution in [0.4, 0.5) is 4.79 Å². The van der Waals surface area contributed by atoms with E-state index in [0.29, 0.717) is 6.54 Å². The SMILES string of the molecule is CC(C)(C)OC(=O)N1CCNCC1c1cc[nH]c1. The number of amides is 1. The maximum atomic E-state index is 12.2. The Morgan fingerprint density at radius 2 is 2.28 bits per heavy atom. The molecule has 1 unspecified atom stereocenters. The molecule has 1 fully saturated rings. The molecular weight excluding hydrogens is 230 g/mol. The molecule has 2 rings (SSSR count). The second-order valence-electron chi connectivity index (χ2n) is 5.54. The monoisotopic (exact) mass is 251 g/mol. The first-order valence-corrected chi connectivity index (χ1v) is 6.30. The normalized spacial score (nSPS) is 20.8. The molecule has 1 amide bonds. The predicted octanol–water partition coefficient (Wildman–Crippen LogP) is 1.90. The van der Waals surface area contributed by atoms with Gasteiger partial charge in [-0.15, -0.1) is 0 Å². The van der Waals surface area contributed by atoms with Gasteiger partial charge in [0.05, 0.1) is 6.04 Å². The van der Waals surface area contributed by atoms with E-state index in [4.69, 9.17) is 4.74 Å². The van der Waals surface area contributed by atoms with Crippen LogP contribution in [0.3, 0.4) is 0 Å². The summed E-state index contributed by atoms with van der Waals surface area (Å²) in [6, 6.07) is 2.04. The molecule has 2 heterocycles. The summed E-state index contributed by atoms with van der Waals surface area (Å²) in [6.45, 7) is 7.90. The number of nitrogens with zero attached hydrogens (tertiary/aromatic N) is 1. The lowest BCUT2D eigenvalue weighted by molar-refractivity contribution is 0.0118. The van der Waals surface area contributed by atoms with E-state index in [1.165, 1.54) is 0 Å². The number of aromatic nitrogens is 1. The van der Waals surface area contributed by atoms with E-state index in [1.54, 1.807) is 4.90 Å². The summed E-state index contributed by atoms with van der Waals surface area (Å²) in [4.78, 5) is 17.0. The first kappa shape index (κ1) is 13.0. The van der Waals surface area contributed by atoms with Crippen molar-refractivity contribution in [2.24, 2.45) is 0 Å². The number of hydrogen-bond acceptors (Lipinski definition) is 3. The lowest BCUT2D eigenvalue weighted by atomic mass is 10.1. The van der Waals surface area contributed by atoms with Gasteiger partial charge >= 0.3 is 6.09 Å². The van der Waals surface area contributed by atoms with Gasteiger partial charge in [0.1, 0.15) is 5.60 Å². The largest absolute Gasteiger partial charge is 0.444 e. The number of H-pyrrole nitrogens is 1. The highest BCUT2D eigenvalue weighted by atomic mass is 16.6. The summed E-state index contributed by atoms with van der Waals surface area (Å²) in [6.07, 6.45) is 3.56. The van der Waals surface area contributed by atoms with Gasteiger partial charge in [-0.25, -0.2) is 4.79 Å². The average molecular weight is 251 g/mol. The predicted molar refractivity (Wildman–Crippen MR) is 69.3 cm³/mol. The summed E-state index contributed by atoms with van der Waals surface area (Å²) >= 11 is 0. The Bertz CT molecular complexity index is 395. The lowest BCUT2D eigenvalue weighted by Crippen LogP contribution is -2.50. The molecule has 2 N–H and O–H groups in total. The Kier molecular flexibility index (Phi) is 3.61. The number of hydrogen-bond donors (Lipinski definition) is 2. The highest BCUT2D eigenvalue weighted by Crippen LogP contribution is 2.23. The molecular formula is C13H21N3O2. The van der Waals surface area contributed by atoms with Gasteiger partial charge < -0.3 is 15.0 Å².